The van der Waals surface area contributed by atoms with Gasteiger partial charge in [-0.15, -0.1) is 0 Å². The molecule has 0 saturated heterocycles. The van der Waals surface area contributed by atoms with E-state index in [9.17, 15) is 22.6 Å². The van der Waals surface area contributed by atoms with Crippen LogP contribution in [0.4, 0.5) is 17.1 Å². The van der Waals surface area contributed by atoms with E-state index in [0.29, 0.717) is 5.69 Å². The van der Waals surface area contributed by atoms with Crippen molar-refractivity contribution in [3.05, 3.63) is 81.3 Å². The molecule has 29 heavy (non-hydrogen) atoms. The van der Waals surface area contributed by atoms with Crippen LogP contribution in [0.5, 0.6) is 0 Å². The van der Waals surface area contributed by atoms with Crippen molar-refractivity contribution in [1.82, 2.24) is 0 Å². The summed E-state index contributed by atoms with van der Waals surface area (Å²) in [6, 6.07) is 14.2. The summed E-state index contributed by atoms with van der Waals surface area (Å²) in [6.07, 6.45) is 0. The van der Waals surface area contributed by atoms with E-state index >= 15 is 0 Å². The second-order valence-electron chi connectivity index (χ2n) is 6.40. The van der Waals surface area contributed by atoms with Gasteiger partial charge in [0.2, 0.25) is 0 Å². The van der Waals surface area contributed by atoms with Crippen molar-refractivity contribution < 1.29 is 22.6 Å². The number of rotatable bonds is 3. The lowest BCUT2D eigenvalue weighted by Gasteiger charge is -2.23. The lowest BCUT2D eigenvalue weighted by Crippen LogP contribution is -2.25. The Morgan fingerprint density at radius 3 is 2.10 bits per heavy atom. The highest BCUT2D eigenvalue weighted by molar-refractivity contribution is 9.10. The van der Waals surface area contributed by atoms with Crippen LogP contribution in [0.25, 0.3) is 0 Å². The van der Waals surface area contributed by atoms with Crippen LogP contribution in [0.15, 0.2) is 64.0 Å². The number of hydrogen-bond acceptors (Lipinski definition) is 6. The number of fused-ring (bicyclic) bond motifs is 2. The maximum atomic E-state index is 13.2. The van der Waals surface area contributed by atoms with E-state index in [4.69, 9.17) is 5.73 Å². The smallest absolute Gasteiger partial charge is 0.296 e. The summed E-state index contributed by atoms with van der Waals surface area (Å²) in [6.45, 7) is 0. The molecule has 0 aliphatic heterocycles. The summed E-state index contributed by atoms with van der Waals surface area (Å²) in [7, 11) is -4.75. The van der Waals surface area contributed by atoms with Gasteiger partial charge in [0.15, 0.2) is 11.6 Å². The monoisotopic (exact) mass is 472 g/mol. The number of benzene rings is 3. The van der Waals surface area contributed by atoms with Crippen molar-refractivity contribution in [3.63, 3.8) is 0 Å². The number of carbonyl (C=O) groups is 2. The number of anilines is 3. The van der Waals surface area contributed by atoms with E-state index in [1.807, 2.05) is 0 Å². The van der Waals surface area contributed by atoms with Gasteiger partial charge in [0.1, 0.15) is 4.90 Å². The summed E-state index contributed by atoms with van der Waals surface area (Å²) >= 11 is 3.33. The lowest BCUT2D eigenvalue weighted by molar-refractivity contribution is 0.0980. The van der Waals surface area contributed by atoms with Crippen molar-refractivity contribution >= 4 is 54.7 Å². The molecule has 1 aliphatic carbocycles. The molecule has 0 spiro atoms. The first kappa shape index (κ1) is 19.3. The lowest BCUT2D eigenvalue weighted by atomic mass is 9.82. The van der Waals surface area contributed by atoms with Gasteiger partial charge in [0, 0.05) is 21.3 Å². The zero-order valence-corrected chi connectivity index (χ0v) is 17.0. The molecule has 0 heterocycles. The summed E-state index contributed by atoms with van der Waals surface area (Å²) in [5.74, 6) is -1.06. The van der Waals surface area contributed by atoms with Crippen LogP contribution < -0.4 is 11.1 Å². The predicted octanol–water partition coefficient (Wildman–Crippen LogP) is 3.80. The Morgan fingerprint density at radius 1 is 0.897 bits per heavy atom. The molecule has 0 aromatic heterocycles. The number of halogens is 1. The molecule has 146 valence electrons. The van der Waals surface area contributed by atoms with Crippen LogP contribution in [0, 0.1) is 0 Å². The zero-order valence-electron chi connectivity index (χ0n) is 14.6. The van der Waals surface area contributed by atoms with E-state index in [2.05, 4.69) is 21.2 Å². The standard InChI is InChI=1S/C20H13BrN2O5S/c21-10-4-3-5-11(8-10)23-14-9-15(29(26,27)28)18(22)17-16(14)19(24)12-6-1-2-7-13(12)20(17)25/h1-9,23H,22H2,(H,26,27,28). The average molecular weight is 473 g/mol. The van der Waals surface area contributed by atoms with Gasteiger partial charge in [0.05, 0.1) is 22.5 Å². The molecule has 0 fully saturated rings. The molecule has 1 aliphatic rings. The van der Waals surface area contributed by atoms with E-state index in [1.54, 1.807) is 36.4 Å². The average Bonchev–Trinajstić information content (AvgIpc) is 2.66. The Hall–Kier alpha value is -3.01. The Morgan fingerprint density at radius 2 is 1.52 bits per heavy atom. The van der Waals surface area contributed by atoms with Crippen molar-refractivity contribution in [1.29, 1.82) is 0 Å². The van der Waals surface area contributed by atoms with Crippen molar-refractivity contribution in [2.45, 2.75) is 4.90 Å². The highest BCUT2D eigenvalue weighted by atomic mass is 79.9. The second kappa shape index (κ2) is 6.80. The van der Waals surface area contributed by atoms with Gasteiger partial charge in [-0.2, -0.15) is 8.42 Å². The van der Waals surface area contributed by atoms with Crippen LogP contribution in [0.3, 0.4) is 0 Å². The SMILES string of the molecule is Nc1c(S(=O)(=O)O)cc(Nc2cccc(Br)c2)c2c1C(=O)c1ccccc1C2=O. The molecule has 3 aromatic rings. The highest BCUT2D eigenvalue weighted by Gasteiger charge is 2.36. The summed E-state index contributed by atoms with van der Waals surface area (Å²) in [4.78, 5) is 25.6. The van der Waals surface area contributed by atoms with Crippen molar-refractivity contribution in [3.8, 4) is 0 Å². The molecule has 4 N–H and O–H groups in total. The molecule has 4 rings (SSSR count). The third-order valence-corrected chi connectivity index (χ3v) is 5.97. The van der Waals surface area contributed by atoms with Crippen molar-refractivity contribution in [2.24, 2.45) is 0 Å². The Balaban J connectivity index is 2.03. The maximum absolute atomic E-state index is 13.2. The summed E-state index contributed by atoms with van der Waals surface area (Å²) in [5, 5.41) is 2.96. The molecular weight excluding hydrogens is 460 g/mol. The van der Waals surface area contributed by atoms with Crippen LogP contribution in [0.2, 0.25) is 0 Å². The van der Waals surface area contributed by atoms with Gasteiger partial charge >= 0.3 is 0 Å². The van der Waals surface area contributed by atoms with Gasteiger partial charge in [-0.05, 0) is 24.3 Å². The highest BCUT2D eigenvalue weighted by Crippen LogP contribution is 2.40. The Kier molecular flexibility index (Phi) is 4.53. The van der Waals surface area contributed by atoms with Gasteiger partial charge < -0.3 is 11.1 Å². The van der Waals surface area contributed by atoms with Crippen molar-refractivity contribution in [2.75, 3.05) is 11.1 Å². The first-order valence-electron chi connectivity index (χ1n) is 8.33. The quantitative estimate of drug-likeness (QED) is 0.305. The first-order chi connectivity index (χ1) is 13.7. The molecular formula is C20H13BrN2O5S. The zero-order chi connectivity index (χ0) is 20.9. The number of ketones is 2. The number of nitrogens with one attached hydrogen (secondary N) is 1. The summed E-state index contributed by atoms with van der Waals surface area (Å²) in [5.41, 5.74) is 6.09. The second-order valence-corrected chi connectivity index (χ2v) is 8.71. The molecule has 7 nitrogen and oxygen atoms in total. The normalized spacial score (nSPS) is 13.0. The largest absolute Gasteiger partial charge is 0.397 e. The number of carbonyl (C=O) groups excluding carboxylic acids is 2. The summed E-state index contributed by atoms with van der Waals surface area (Å²) < 4.78 is 34.1. The molecule has 0 saturated carbocycles. The topological polar surface area (TPSA) is 127 Å². The fourth-order valence-electron chi connectivity index (χ4n) is 3.33. The van der Waals surface area contributed by atoms with Gasteiger partial charge in [-0.3, -0.25) is 14.1 Å². The molecule has 0 amide bonds. The fraction of sp³-hybridized carbons (Fsp3) is 0. The van der Waals surface area contributed by atoms with E-state index in [-0.39, 0.29) is 27.9 Å². The minimum atomic E-state index is -4.75. The minimum absolute atomic E-state index is 0.0430. The van der Waals surface area contributed by atoms with Crippen LogP contribution in [-0.4, -0.2) is 24.5 Å². The molecule has 3 aromatic carbocycles. The number of nitrogen functional groups attached to an aromatic ring is 1. The molecule has 0 bridgehead atoms. The van der Waals surface area contributed by atoms with Gasteiger partial charge in [-0.1, -0.05) is 46.3 Å². The minimum Gasteiger partial charge on any atom is -0.397 e. The number of hydrogen-bond donors (Lipinski definition) is 3. The Labute approximate surface area is 174 Å². The van der Waals surface area contributed by atoms with E-state index < -0.39 is 32.3 Å². The van der Waals surface area contributed by atoms with Crippen LogP contribution in [-0.2, 0) is 10.1 Å². The molecule has 0 atom stereocenters. The predicted molar refractivity (Wildman–Crippen MR) is 111 cm³/mol. The molecule has 0 radical (unpaired) electrons. The Bertz CT molecular complexity index is 1320. The van der Waals surface area contributed by atoms with Crippen LogP contribution in [0.1, 0.15) is 31.8 Å². The third-order valence-electron chi connectivity index (χ3n) is 4.58. The third kappa shape index (κ3) is 3.23. The maximum Gasteiger partial charge on any atom is 0.296 e. The van der Waals surface area contributed by atoms with Gasteiger partial charge in [0.25, 0.3) is 10.1 Å². The molecule has 9 heteroatoms. The van der Waals surface area contributed by atoms with Crippen LogP contribution >= 0.6 is 15.9 Å². The number of nitrogens with two attached hydrogens (primary N) is 1. The molecule has 0 unspecified atom stereocenters. The fourth-order valence-corrected chi connectivity index (χ4v) is 4.37. The van der Waals surface area contributed by atoms with E-state index in [1.165, 1.54) is 12.1 Å². The van der Waals surface area contributed by atoms with Gasteiger partial charge in [-0.25, -0.2) is 0 Å². The first-order valence-corrected chi connectivity index (χ1v) is 10.6. The van der Waals surface area contributed by atoms with E-state index in [0.717, 1.165) is 10.5 Å².